The summed E-state index contributed by atoms with van der Waals surface area (Å²) in [5.41, 5.74) is 1.06. The Kier molecular flexibility index (Phi) is 3.36. The number of nitrogens with zero attached hydrogens (tertiary/aromatic N) is 3. The predicted molar refractivity (Wildman–Crippen MR) is 174 cm³/mol. The lowest BCUT2D eigenvalue weighted by molar-refractivity contribution is 0.669. The molecule has 196 valence electrons. The van der Waals surface area contributed by atoms with Gasteiger partial charge in [0, 0.05) is 47.6 Å². The molecular formula is C37H21N3OS. The molecule has 3 aromatic heterocycles. The number of aromatic nitrogens is 3. The number of hydrogen-bond donors (Lipinski definition) is 0. The molecule has 9 rings (SSSR count). The fourth-order valence-electron chi connectivity index (χ4n) is 5.25. The van der Waals surface area contributed by atoms with Crippen LogP contribution in [0.3, 0.4) is 0 Å². The molecule has 0 spiro atoms. The largest absolute Gasteiger partial charge is 0.456 e. The SMILES string of the molecule is [2H]c1cc([2H])c2oc3ccc([2H])c(-c4nc(-c5ccc6c(c5)sc5ccccc56)nc(-c5c([2H])c([2H])c6c([2H])c([2H])c([2H])c([2H])c6c5[2H])n4)c3c2c1. The summed E-state index contributed by atoms with van der Waals surface area (Å²) in [5, 5.41) is 2.42. The average Bonchev–Trinajstić information content (AvgIpc) is 3.69. The van der Waals surface area contributed by atoms with Gasteiger partial charge in [-0.15, -0.1) is 11.3 Å². The Morgan fingerprint density at radius 1 is 0.571 bits per heavy atom. The maximum atomic E-state index is 9.20. The zero-order valence-electron chi connectivity index (χ0n) is 31.5. The van der Waals surface area contributed by atoms with E-state index in [4.69, 9.17) is 31.7 Å². The van der Waals surface area contributed by atoms with Crippen LogP contribution in [0.4, 0.5) is 0 Å². The van der Waals surface area contributed by atoms with Crippen LogP contribution < -0.4 is 0 Å². The molecule has 0 unspecified atom stereocenters. The van der Waals surface area contributed by atoms with Crippen molar-refractivity contribution in [1.82, 2.24) is 15.0 Å². The molecule has 0 aliphatic carbocycles. The first-order valence-corrected chi connectivity index (χ1v) is 13.9. The molecule has 0 aliphatic heterocycles. The van der Waals surface area contributed by atoms with E-state index in [-0.39, 0.29) is 63.1 Å². The topological polar surface area (TPSA) is 51.8 Å². The van der Waals surface area contributed by atoms with Gasteiger partial charge in [0.05, 0.1) is 13.7 Å². The molecule has 0 radical (unpaired) electrons. The van der Waals surface area contributed by atoms with Crippen molar-refractivity contribution in [2.24, 2.45) is 0 Å². The van der Waals surface area contributed by atoms with E-state index in [0.29, 0.717) is 21.9 Å². The van der Waals surface area contributed by atoms with E-state index in [2.05, 4.69) is 0 Å². The molecule has 42 heavy (non-hydrogen) atoms. The first-order chi connectivity index (χ1) is 24.9. The van der Waals surface area contributed by atoms with E-state index < -0.39 is 42.3 Å². The zero-order chi connectivity index (χ0) is 36.3. The van der Waals surface area contributed by atoms with Gasteiger partial charge in [-0.2, -0.15) is 0 Å². The van der Waals surface area contributed by atoms with Crippen LogP contribution in [-0.2, 0) is 0 Å². The molecule has 0 bridgehead atoms. The summed E-state index contributed by atoms with van der Waals surface area (Å²) in [4.78, 5) is 14.3. The summed E-state index contributed by atoms with van der Waals surface area (Å²) in [6.45, 7) is 0. The highest BCUT2D eigenvalue weighted by Gasteiger charge is 2.18. The lowest BCUT2D eigenvalue weighted by atomic mass is 10.0. The van der Waals surface area contributed by atoms with Crippen molar-refractivity contribution in [2.45, 2.75) is 0 Å². The highest BCUT2D eigenvalue weighted by atomic mass is 32.1. The molecule has 0 saturated carbocycles. The Morgan fingerprint density at radius 2 is 1.40 bits per heavy atom. The Hall–Kier alpha value is -5.39. The third kappa shape index (κ3) is 3.64. The third-order valence-corrected chi connectivity index (χ3v) is 8.30. The van der Waals surface area contributed by atoms with E-state index >= 15 is 0 Å². The van der Waals surface area contributed by atoms with Gasteiger partial charge in [-0.3, -0.25) is 0 Å². The highest BCUT2D eigenvalue weighted by Crippen LogP contribution is 2.38. The van der Waals surface area contributed by atoms with Crippen LogP contribution in [0.5, 0.6) is 0 Å². The molecule has 5 heteroatoms. The molecule has 9 aromatic rings. The second-order valence-electron chi connectivity index (χ2n) is 9.65. The van der Waals surface area contributed by atoms with Crippen LogP contribution in [0.2, 0.25) is 0 Å². The van der Waals surface area contributed by atoms with Crippen LogP contribution in [0.1, 0.15) is 13.7 Å². The molecule has 6 aromatic carbocycles. The maximum Gasteiger partial charge on any atom is 0.164 e. The normalized spacial score (nSPS) is 15.1. The molecule has 0 N–H and O–H groups in total. The van der Waals surface area contributed by atoms with Crippen molar-refractivity contribution in [1.29, 1.82) is 0 Å². The van der Waals surface area contributed by atoms with Crippen molar-refractivity contribution >= 4 is 64.2 Å². The fourth-order valence-corrected chi connectivity index (χ4v) is 6.40. The Bertz CT molecular complexity index is 3050. The highest BCUT2D eigenvalue weighted by molar-refractivity contribution is 7.25. The zero-order valence-corrected chi connectivity index (χ0v) is 22.3. The smallest absolute Gasteiger partial charge is 0.164 e. The van der Waals surface area contributed by atoms with E-state index in [1.54, 1.807) is 17.4 Å². The number of hydrogen-bond acceptors (Lipinski definition) is 5. The number of rotatable bonds is 3. The monoisotopic (exact) mass is 565 g/mol. The first-order valence-electron chi connectivity index (χ1n) is 18.0. The lowest BCUT2D eigenvalue weighted by Gasteiger charge is -2.10. The Labute approximate surface area is 258 Å². The summed E-state index contributed by atoms with van der Waals surface area (Å²) in [6.07, 6.45) is 0. The van der Waals surface area contributed by atoms with Crippen LogP contribution in [0.15, 0.2) is 132 Å². The summed E-state index contributed by atoms with van der Waals surface area (Å²) in [5.74, 6) is -0.107. The average molecular weight is 566 g/mol. The van der Waals surface area contributed by atoms with E-state index in [1.165, 1.54) is 18.2 Å². The molecule has 4 nitrogen and oxygen atoms in total. The van der Waals surface area contributed by atoms with Crippen LogP contribution in [-0.4, -0.2) is 15.0 Å². The number of fused-ring (bicyclic) bond motifs is 7. The summed E-state index contributed by atoms with van der Waals surface area (Å²) in [6, 6.07) is 16.1. The molecule has 0 atom stereocenters. The number of para-hydroxylation sites is 1. The minimum atomic E-state index is -0.581. The van der Waals surface area contributed by atoms with Gasteiger partial charge in [-0.1, -0.05) is 96.9 Å². The fraction of sp³-hybridized carbons (Fsp3) is 0. The van der Waals surface area contributed by atoms with Gasteiger partial charge in [-0.25, -0.2) is 15.0 Å². The lowest BCUT2D eigenvalue weighted by Crippen LogP contribution is -2.00. The maximum absolute atomic E-state index is 9.20. The van der Waals surface area contributed by atoms with Crippen LogP contribution in [0.25, 0.3) is 87.0 Å². The van der Waals surface area contributed by atoms with Crippen LogP contribution in [0, 0.1) is 0 Å². The van der Waals surface area contributed by atoms with Gasteiger partial charge in [0.1, 0.15) is 11.2 Å². The summed E-state index contributed by atoms with van der Waals surface area (Å²) < 4.78 is 94.3. The molecule has 3 heterocycles. The summed E-state index contributed by atoms with van der Waals surface area (Å²) >= 11 is 1.59. The van der Waals surface area contributed by atoms with E-state index in [0.717, 1.165) is 20.2 Å². The molecule has 0 fully saturated rings. The van der Waals surface area contributed by atoms with Gasteiger partial charge in [0.2, 0.25) is 0 Å². The van der Waals surface area contributed by atoms with Crippen molar-refractivity contribution in [3.63, 3.8) is 0 Å². The Balaban J connectivity index is 1.39. The van der Waals surface area contributed by atoms with Crippen molar-refractivity contribution in [3.8, 4) is 34.2 Å². The van der Waals surface area contributed by atoms with Crippen molar-refractivity contribution in [2.75, 3.05) is 0 Å². The second kappa shape index (κ2) is 9.06. The van der Waals surface area contributed by atoms with E-state index in [9.17, 15) is 1.37 Å². The van der Waals surface area contributed by atoms with Gasteiger partial charge < -0.3 is 4.42 Å². The second-order valence-corrected chi connectivity index (χ2v) is 10.7. The molecule has 0 aliphatic rings. The predicted octanol–water partition coefficient (Wildman–Crippen LogP) is 10.3. The van der Waals surface area contributed by atoms with Crippen molar-refractivity contribution in [3.05, 3.63) is 127 Å². The molecule has 0 saturated heterocycles. The third-order valence-electron chi connectivity index (χ3n) is 7.17. The van der Waals surface area contributed by atoms with Gasteiger partial charge in [0.25, 0.3) is 0 Å². The number of benzene rings is 6. The van der Waals surface area contributed by atoms with Crippen molar-refractivity contribution < 1.29 is 18.1 Å². The minimum absolute atomic E-state index is 0.00811. The van der Waals surface area contributed by atoms with Gasteiger partial charge in [0.15, 0.2) is 17.5 Å². The van der Waals surface area contributed by atoms with E-state index in [1.807, 2.05) is 42.5 Å². The number of thiophene rings is 1. The van der Waals surface area contributed by atoms with Gasteiger partial charge >= 0.3 is 0 Å². The number of furan rings is 1. The molecule has 0 amide bonds. The summed E-state index contributed by atoms with van der Waals surface area (Å²) in [7, 11) is 0. The van der Waals surface area contributed by atoms with Gasteiger partial charge in [-0.05, 0) is 41.1 Å². The first kappa shape index (κ1) is 15.6. The molecular weight excluding hydrogens is 534 g/mol. The minimum Gasteiger partial charge on any atom is -0.456 e. The quantitative estimate of drug-likeness (QED) is 0.214. The Morgan fingerprint density at radius 3 is 2.36 bits per heavy atom. The van der Waals surface area contributed by atoms with Crippen LogP contribution >= 0.6 is 11.3 Å². The standard InChI is InChI=1S/C37H21N3OS/c1-2-9-23-20-24(17-16-22(23)8-1)35-38-36(25-18-19-27-26-10-4-6-15-32(26)42-33(27)21-25)40-37(39-35)29-12-7-14-31-34(29)28-11-3-5-13-30(28)41-31/h1-21H/i1D,2D,3D,8D,9D,12D,13D,16D,17D,20D.